The van der Waals surface area contributed by atoms with E-state index in [2.05, 4.69) is 20.8 Å². The van der Waals surface area contributed by atoms with Gasteiger partial charge in [-0.2, -0.15) is 5.10 Å². The van der Waals surface area contributed by atoms with Gasteiger partial charge in [-0.15, -0.1) is 5.10 Å². The number of nitrogens with one attached hydrogen (secondary N) is 2. The molecule has 1 aliphatic heterocycles. The third kappa shape index (κ3) is 2.64. The van der Waals surface area contributed by atoms with Crippen molar-refractivity contribution in [3.8, 4) is 0 Å². The summed E-state index contributed by atoms with van der Waals surface area (Å²) in [5.74, 6) is 0. The third-order valence-corrected chi connectivity index (χ3v) is 2.52. The van der Waals surface area contributed by atoms with Crippen LogP contribution in [0.1, 0.15) is 12.1 Å². The molecule has 2 heterocycles. The van der Waals surface area contributed by atoms with Crippen LogP contribution in [0, 0.1) is 0 Å². The van der Waals surface area contributed by atoms with Crippen LogP contribution in [0.3, 0.4) is 0 Å². The Bertz CT molecular complexity index is 281. The lowest BCUT2D eigenvalue weighted by Crippen LogP contribution is -2.30. The van der Waals surface area contributed by atoms with Crippen molar-refractivity contribution < 1.29 is 0 Å². The van der Waals surface area contributed by atoms with Crippen molar-refractivity contribution in [3.05, 3.63) is 23.0 Å². The number of aromatic nitrogens is 2. The largest absolute Gasteiger partial charge is 0.315 e. The minimum atomic E-state index is 0.441. The van der Waals surface area contributed by atoms with Crippen molar-refractivity contribution >= 4 is 11.6 Å². The van der Waals surface area contributed by atoms with Gasteiger partial charge in [-0.1, -0.05) is 11.6 Å². The molecule has 1 saturated heterocycles. The second kappa shape index (κ2) is 4.68. The number of halogens is 1. The maximum atomic E-state index is 5.63. The summed E-state index contributed by atoms with van der Waals surface area (Å²) in [6.45, 7) is 2.90. The van der Waals surface area contributed by atoms with Gasteiger partial charge in [0, 0.05) is 19.1 Å². The molecule has 0 spiro atoms. The van der Waals surface area contributed by atoms with Gasteiger partial charge in [0.25, 0.3) is 0 Å². The van der Waals surface area contributed by atoms with E-state index in [-0.39, 0.29) is 0 Å². The van der Waals surface area contributed by atoms with Gasteiger partial charge >= 0.3 is 0 Å². The Kier molecular flexibility index (Phi) is 3.29. The van der Waals surface area contributed by atoms with E-state index in [9.17, 15) is 0 Å². The van der Waals surface area contributed by atoms with Gasteiger partial charge in [0.1, 0.15) is 0 Å². The summed E-state index contributed by atoms with van der Waals surface area (Å²) in [6.07, 6.45) is 1.18. The first kappa shape index (κ1) is 9.83. The van der Waals surface area contributed by atoms with Crippen molar-refractivity contribution in [2.45, 2.75) is 19.0 Å². The van der Waals surface area contributed by atoms with Gasteiger partial charge in [0.15, 0.2) is 5.15 Å². The van der Waals surface area contributed by atoms with Gasteiger partial charge in [0.05, 0.1) is 5.69 Å². The number of hydrogen-bond acceptors (Lipinski definition) is 4. The molecule has 1 atom stereocenters. The molecule has 0 radical (unpaired) electrons. The first-order valence-electron chi connectivity index (χ1n) is 4.77. The summed E-state index contributed by atoms with van der Waals surface area (Å²) >= 11 is 5.63. The zero-order valence-electron chi connectivity index (χ0n) is 7.83. The van der Waals surface area contributed by atoms with Crippen molar-refractivity contribution in [1.29, 1.82) is 0 Å². The lowest BCUT2D eigenvalue weighted by atomic mass is 10.2. The molecule has 1 fully saturated rings. The minimum absolute atomic E-state index is 0.441. The monoisotopic (exact) mass is 212 g/mol. The predicted molar refractivity (Wildman–Crippen MR) is 55.2 cm³/mol. The third-order valence-electron chi connectivity index (χ3n) is 2.32. The van der Waals surface area contributed by atoms with Crippen LogP contribution in [0.25, 0.3) is 0 Å². The summed E-state index contributed by atoms with van der Waals surface area (Å²) in [5.41, 5.74) is 0.932. The molecule has 1 aliphatic rings. The Morgan fingerprint density at radius 2 is 2.43 bits per heavy atom. The fraction of sp³-hybridized carbons (Fsp3) is 0.556. The standard InChI is InChI=1S/C9H13ClN4/c10-9-2-1-8(13-14-9)6-12-7-3-4-11-5-7/h1-2,7,11-12H,3-6H2/t7-/m1/s1. The van der Waals surface area contributed by atoms with Crippen molar-refractivity contribution in [2.24, 2.45) is 0 Å². The summed E-state index contributed by atoms with van der Waals surface area (Å²) < 4.78 is 0. The highest BCUT2D eigenvalue weighted by Crippen LogP contribution is 2.03. The Morgan fingerprint density at radius 3 is 3.07 bits per heavy atom. The lowest BCUT2D eigenvalue weighted by molar-refractivity contribution is 0.539. The average Bonchev–Trinajstić information content (AvgIpc) is 2.70. The molecule has 14 heavy (non-hydrogen) atoms. The molecule has 1 aromatic rings. The highest BCUT2D eigenvalue weighted by atomic mass is 35.5. The van der Waals surface area contributed by atoms with Crippen LogP contribution in [0.5, 0.6) is 0 Å². The SMILES string of the molecule is Clc1ccc(CN[C@@H]2CCNC2)nn1. The second-order valence-corrected chi connectivity index (χ2v) is 3.81. The number of nitrogens with zero attached hydrogens (tertiary/aromatic N) is 2. The molecular formula is C9H13ClN4. The molecule has 0 aliphatic carbocycles. The Balaban J connectivity index is 1.82. The van der Waals surface area contributed by atoms with Gasteiger partial charge in [-0.25, -0.2) is 0 Å². The van der Waals surface area contributed by atoms with Crippen molar-refractivity contribution in [2.75, 3.05) is 13.1 Å². The van der Waals surface area contributed by atoms with Crippen LogP contribution >= 0.6 is 11.6 Å². The normalized spacial score (nSPS) is 21.4. The van der Waals surface area contributed by atoms with Gasteiger partial charge in [-0.05, 0) is 25.1 Å². The summed E-state index contributed by atoms with van der Waals surface area (Å²) in [4.78, 5) is 0. The smallest absolute Gasteiger partial charge is 0.151 e. The number of rotatable bonds is 3. The molecule has 0 unspecified atom stereocenters. The van der Waals surface area contributed by atoms with E-state index < -0.39 is 0 Å². The highest BCUT2D eigenvalue weighted by Gasteiger charge is 2.13. The van der Waals surface area contributed by atoms with Gasteiger partial charge < -0.3 is 10.6 Å². The molecule has 1 aromatic heterocycles. The molecular weight excluding hydrogens is 200 g/mol. The Hall–Kier alpha value is -0.710. The molecule has 0 aromatic carbocycles. The maximum absolute atomic E-state index is 5.63. The predicted octanol–water partition coefficient (Wildman–Crippen LogP) is 0.581. The first-order valence-corrected chi connectivity index (χ1v) is 5.14. The highest BCUT2D eigenvalue weighted by molar-refractivity contribution is 6.29. The van der Waals surface area contributed by atoms with Crippen LogP contribution in [-0.4, -0.2) is 29.3 Å². The average molecular weight is 213 g/mol. The molecule has 4 nitrogen and oxygen atoms in total. The van der Waals surface area contributed by atoms with E-state index in [1.807, 2.05) is 6.07 Å². The molecule has 0 saturated carbocycles. The fourth-order valence-corrected chi connectivity index (χ4v) is 1.62. The van der Waals surface area contributed by atoms with Gasteiger partial charge in [-0.3, -0.25) is 0 Å². The lowest BCUT2D eigenvalue weighted by Gasteiger charge is -2.09. The maximum Gasteiger partial charge on any atom is 0.151 e. The molecule has 2 rings (SSSR count). The molecule has 0 amide bonds. The van der Waals surface area contributed by atoms with E-state index in [0.717, 1.165) is 25.3 Å². The summed E-state index contributed by atoms with van der Waals surface area (Å²) in [5, 5.41) is 14.9. The van der Waals surface area contributed by atoms with E-state index in [4.69, 9.17) is 11.6 Å². The molecule has 76 valence electrons. The number of hydrogen-bond donors (Lipinski definition) is 2. The van der Waals surface area contributed by atoms with Crippen LogP contribution in [0.4, 0.5) is 0 Å². The van der Waals surface area contributed by atoms with E-state index in [1.165, 1.54) is 6.42 Å². The van der Waals surface area contributed by atoms with Gasteiger partial charge in [0.2, 0.25) is 0 Å². The quantitative estimate of drug-likeness (QED) is 0.770. The Labute approximate surface area is 88.1 Å². The van der Waals surface area contributed by atoms with E-state index >= 15 is 0 Å². The minimum Gasteiger partial charge on any atom is -0.315 e. The van der Waals surface area contributed by atoms with Crippen molar-refractivity contribution in [1.82, 2.24) is 20.8 Å². The van der Waals surface area contributed by atoms with Crippen LogP contribution in [-0.2, 0) is 6.54 Å². The van der Waals surface area contributed by atoms with Crippen LogP contribution in [0.2, 0.25) is 5.15 Å². The zero-order chi connectivity index (χ0) is 9.80. The Morgan fingerprint density at radius 1 is 1.50 bits per heavy atom. The van der Waals surface area contributed by atoms with E-state index in [0.29, 0.717) is 11.2 Å². The summed E-state index contributed by atoms with van der Waals surface area (Å²) in [7, 11) is 0. The first-order chi connectivity index (χ1) is 6.84. The fourth-order valence-electron chi connectivity index (χ4n) is 1.52. The second-order valence-electron chi connectivity index (χ2n) is 3.42. The van der Waals surface area contributed by atoms with E-state index in [1.54, 1.807) is 6.07 Å². The zero-order valence-corrected chi connectivity index (χ0v) is 8.59. The molecule has 0 bridgehead atoms. The van der Waals surface area contributed by atoms with Crippen LogP contribution in [0.15, 0.2) is 12.1 Å². The van der Waals surface area contributed by atoms with Crippen LogP contribution < -0.4 is 10.6 Å². The molecule has 5 heteroatoms. The molecule has 2 N–H and O–H groups in total. The summed E-state index contributed by atoms with van der Waals surface area (Å²) in [6, 6.07) is 4.22. The topological polar surface area (TPSA) is 49.8 Å². The van der Waals surface area contributed by atoms with Crippen molar-refractivity contribution in [3.63, 3.8) is 0 Å².